The predicted octanol–water partition coefficient (Wildman–Crippen LogP) is 1.99. The number of benzene rings is 1. The van der Waals surface area contributed by atoms with Crippen LogP contribution < -0.4 is 5.73 Å². The number of aromatic amines is 1. The Labute approximate surface area is 110 Å². The lowest BCUT2D eigenvalue weighted by Crippen LogP contribution is -2.32. The molecule has 1 amide bonds. The van der Waals surface area contributed by atoms with Crippen molar-refractivity contribution in [1.82, 2.24) is 9.88 Å². The molecule has 1 aromatic heterocycles. The Hall–Kier alpha value is -1.52. The number of hydrogen-bond acceptors (Lipinski definition) is 2. The largest absolute Gasteiger partial charge is 0.350 e. The zero-order valence-corrected chi connectivity index (χ0v) is 10.6. The Bertz CT molecular complexity index is 607. The molecule has 2 heterocycles. The van der Waals surface area contributed by atoms with Gasteiger partial charge in [0.1, 0.15) is 5.69 Å². The van der Waals surface area contributed by atoms with Gasteiger partial charge in [0.15, 0.2) is 0 Å². The number of nitrogens with two attached hydrogens (primary N) is 1. The number of fused-ring (bicyclic) bond motifs is 1. The molecule has 18 heavy (non-hydrogen) atoms. The zero-order chi connectivity index (χ0) is 12.7. The van der Waals surface area contributed by atoms with E-state index < -0.39 is 0 Å². The Morgan fingerprint density at radius 2 is 2.28 bits per heavy atom. The van der Waals surface area contributed by atoms with Crippen LogP contribution in [0.25, 0.3) is 10.9 Å². The minimum atomic E-state index is 0.00951. The van der Waals surface area contributed by atoms with E-state index in [0.717, 1.165) is 23.9 Å². The lowest BCUT2D eigenvalue weighted by atomic mass is 10.2. The van der Waals surface area contributed by atoms with Gasteiger partial charge in [-0.1, -0.05) is 17.7 Å². The number of likely N-dealkylation sites (tertiary alicyclic amines) is 1. The van der Waals surface area contributed by atoms with Gasteiger partial charge in [0.05, 0.1) is 0 Å². The van der Waals surface area contributed by atoms with Gasteiger partial charge in [-0.15, -0.1) is 0 Å². The fourth-order valence-electron chi connectivity index (χ4n) is 2.36. The van der Waals surface area contributed by atoms with E-state index in [4.69, 9.17) is 17.3 Å². The second kappa shape index (κ2) is 4.30. The van der Waals surface area contributed by atoms with Crippen LogP contribution in [0.15, 0.2) is 24.3 Å². The SMILES string of the molecule is N[C@@H]1CCN(C(=O)c2cc3ccc(Cl)cc3[nH]2)C1. The summed E-state index contributed by atoms with van der Waals surface area (Å²) in [4.78, 5) is 17.2. The molecule has 4 nitrogen and oxygen atoms in total. The smallest absolute Gasteiger partial charge is 0.270 e. The van der Waals surface area contributed by atoms with Gasteiger partial charge in [-0.25, -0.2) is 0 Å². The Morgan fingerprint density at radius 1 is 1.44 bits per heavy atom. The topological polar surface area (TPSA) is 62.1 Å². The summed E-state index contributed by atoms with van der Waals surface area (Å²) in [6, 6.07) is 7.51. The summed E-state index contributed by atoms with van der Waals surface area (Å²) < 4.78 is 0. The highest BCUT2D eigenvalue weighted by atomic mass is 35.5. The number of nitrogens with zero attached hydrogens (tertiary/aromatic N) is 1. The Morgan fingerprint density at radius 3 is 3.00 bits per heavy atom. The summed E-state index contributed by atoms with van der Waals surface area (Å²) >= 11 is 5.92. The lowest BCUT2D eigenvalue weighted by molar-refractivity contribution is 0.0786. The monoisotopic (exact) mass is 263 g/mol. The number of hydrogen-bond donors (Lipinski definition) is 2. The number of aromatic nitrogens is 1. The number of rotatable bonds is 1. The summed E-state index contributed by atoms with van der Waals surface area (Å²) in [6.45, 7) is 1.37. The van der Waals surface area contributed by atoms with Crippen LogP contribution in [0.2, 0.25) is 5.02 Å². The van der Waals surface area contributed by atoms with Gasteiger partial charge < -0.3 is 15.6 Å². The van der Waals surface area contributed by atoms with E-state index in [1.54, 1.807) is 4.90 Å². The quantitative estimate of drug-likeness (QED) is 0.827. The van der Waals surface area contributed by atoms with E-state index in [-0.39, 0.29) is 11.9 Å². The second-order valence-corrected chi connectivity index (χ2v) is 5.15. The molecular formula is C13H14ClN3O. The van der Waals surface area contributed by atoms with Crippen LogP contribution in [0, 0.1) is 0 Å². The fourth-order valence-corrected chi connectivity index (χ4v) is 2.53. The van der Waals surface area contributed by atoms with Crippen molar-refractivity contribution >= 4 is 28.4 Å². The number of H-pyrrole nitrogens is 1. The van der Waals surface area contributed by atoms with Crippen molar-refractivity contribution in [3.8, 4) is 0 Å². The molecule has 0 bridgehead atoms. The third kappa shape index (κ3) is 1.98. The molecule has 2 aromatic rings. The highest BCUT2D eigenvalue weighted by Gasteiger charge is 2.25. The molecule has 3 N–H and O–H groups in total. The molecule has 0 spiro atoms. The van der Waals surface area contributed by atoms with Gasteiger partial charge in [-0.2, -0.15) is 0 Å². The molecule has 0 radical (unpaired) electrons. The first-order chi connectivity index (χ1) is 8.63. The normalized spacial score (nSPS) is 19.7. The minimum Gasteiger partial charge on any atom is -0.350 e. The molecule has 1 fully saturated rings. The predicted molar refractivity (Wildman–Crippen MR) is 71.8 cm³/mol. The molecular weight excluding hydrogens is 250 g/mol. The van der Waals surface area contributed by atoms with Gasteiger partial charge in [0.2, 0.25) is 0 Å². The minimum absolute atomic E-state index is 0.00951. The molecule has 1 aromatic carbocycles. The van der Waals surface area contributed by atoms with E-state index in [1.807, 2.05) is 24.3 Å². The highest BCUT2D eigenvalue weighted by Crippen LogP contribution is 2.21. The molecule has 5 heteroatoms. The van der Waals surface area contributed by atoms with Crippen molar-refractivity contribution in [2.45, 2.75) is 12.5 Å². The summed E-state index contributed by atoms with van der Waals surface area (Å²) in [6.07, 6.45) is 0.873. The molecule has 1 atom stereocenters. The molecule has 1 aliphatic rings. The van der Waals surface area contributed by atoms with E-state index >= 15 is 0 Å². The first kappa shape index (κ1) is 11.6. The van der Waals surface area contributed by atoms with Gasteiger partial charge in [0, 0.05) is 35.1 Å². The number of carbonyl (C=O) groups is 1. The molecule has 3 rings (SSSR count). The van der Waals surface area contributed by atoms with Crippen LogP contribution in [0.5, 0.6) is 0 Å². The Balaban J connectivity index is 1.92. The van der Waals surface area contributed by atoms with E-state index in [1.165, 1.54) is 0 Å². The molecule has 0 aliphatic carbocycles. The van der Waals surface area contributed by atoms with E-state index in [0.29, 0.717) is 17.3 Å². The fraction of sp³-hybridized carbons (Fsp3) is 0.308. The average Bonchev–Trinajstić information content (AvgIpc) is 2.93. The van der Waals surface area contributed by atoms with Crippen molar-refractivity contribution in [1.29, 1.82) is 0 Å². The van der Waals surface area contributed by atoms with Crippen LogP contribution in [0.1, 0.15) is 16.9 Å². The zero-order valence-electron chi connectivity index (χ0n) is 9.82. The first-order valence-electron chi connectivity index (χ1n) is 5.96. The van der Waals surface area contributed by atoms with Crippen LogP contribution in [0.4, 0.5) is 0 Å². The van der Waals surface area contributed by atoms with Crippen LogP contribution >= 0.6 is 11.6 Å². The summed E-state index contributed by atoms with van der Waals surface area (Å²) in [5.74, 6) is 0.00951. The summed E-state index contributed by atoms with van der Waals surface area (Å²) in [5.41, 5.74) is 7.30. The van der Waals surface area contributed by atoms with Crippen molar-refractivity contribution < 1.29 is 4.79 Å². The summed E-state index contributed by atoms with van der Waals surface area (Å²) in [7, 11) is 0. The van der Waals surface area contributed by atoms with Gasteiger partial charge in [-0.3, -0.25) is 4.79 Å². The second-order valence-electron chi connectivity index (χ2n) is 4.71. The Kier molecular flexibility index (Phi) is 2.76. The average molecular weight is 264 g/mol. The number of halogens is 1. The number of amides is 1. The third-order valence-electron chi connectivity index (χ3n) is 3.33. The van der Waals surface area contributed by atoms with Crippen LogP contribution in [-0.4, -0.2) is 34.9 Å². The van der Waals surface area contributed by atoms with Gasteiger partial charge >= 0.3 is 0 Å². The third-order valence-corrected chi connectivity index (χ3v) is 3.56. The summed E-state index contributed by atoms with van der Waals surface area (Å²) in [5, 5.41) is 1.65. The lowest BCUT2D eigenvalue weighted by Gasteiger charge is -2.14. The maximum absolute atomic E-state index is 12.3. The molecule has 94 valence electrons. The molecule has 0 saturated carbocycles. The van der Waals surface area contributed by atoms with Gasteiger partial charge in [-0.05, 0) is 24.6 Å². The number of nitrogens with one attached hydrogen (secondary N) is 1. The maximum atomic E-state index is 12.3. The van der Waals surface area contributed by atoms with E-state index in [9.17, 15) is 4.79 Å². The standard InChI is InChI=1S/C13H14ClN3O/c14-9-2-1-8-5-12(16-11(8)6-9)13(18)17-4-3-10(15)7-17/h1-2,5-6,10,16H,3-4,7,15H2/t10-/m1/s1. The van der Waals surface area contributed by atoms with Crippen molar-refractivity contribution in [2.24, 2.45) is 5.73 Å². The molecule has 1 saturated heterocycles. The highest BCUT2D eigenvalue weighted by molar-refractivity contribution is 6.31. The van der Waals surface area contributed by atoms with Crippen molar-refractivity contribution in [3.05, 3.63) is 35.0 Å². The van der Waals surface area contributed by atoms with Crippen LogP contribution in [0.3, 0.4) is 0 Å². The molecule has 0 unspecified atom stereocenters. The van der Waals surface area contributed by atoms with Gasteiger partial charge in [0.25, 0.3) is 5.91 Å². The van der Waals surface area contributed by atoms with Crippen molar-refractivity contribution in [3.63, 3.8) is 0 Å². The molecule has 1 aliphatic heterocycles. The maximum Gasteiger partial charge on any atom is 0.270 e. The first-order valence-corrected chi connectivity index (χ1v) is 6.34. The van der Waals surface area contributed by atoms with Crippen LogP contribution in [-0.2, 0) is 0 Å². The van der Waals surface area contributed by atoms with E-state index in [2.05, 4.69) is 4.98 Å². The van der Waals surface area contributed by atoms with Crippen molar-refractivity contribution in [2.75, 3.05) is 13.1 Å². The number of carbonyl (C=O) groups excluding carboxylic acids is 1.